The molecule has 0 atom stereocenters. The molecular formula is C11H16BrN3O2. The molecule has 0 radical (unpaired) electrons. The summed E-state index contributed by atoms with van der Waals surface area (Å²) >= 11 is 3.31. The molecule has 1 aromatic heterocycles. The molecule has 1 aromatic rings. The molecular weight excluding hydrogens is 286 g/mol. The second-order valence-electron chi connectivity index (χ2n) is 3.52. The molecule has 0 unspecified atom stereocenters. The predicted molar refractivity (Wildman–Crippen MR) is 69.8 cm³/mol. The lowest BCUT2D eigenvalue weighted by Gasteiger charge is -2.07. The molecule has 5 nitrogen and oxygen atoms in total. The Balaban J connectivity index is 2.40. The fourth-order valence-corrected chi connectivity index (χ4v) is 1.66. The van der Waals surface area contributed by atoms with Crippen LogP contribution in [0.1, 0.15) is 12.0 Å². The van der Waals surface area contributed by atoms with Gasteiger partial charge in [0.15, 0.2) is 0 Å². The van der Waals surface area contributed by atoms with Gasteiger partial charge in [-0.15, -0.1) is 0 Å². The van der Waals surface area contributed by atoms with E-state index in [0.29, 0.717) is 32.0 Å². The molecule has 0 aliphatic rings. The Bertz CT molecular complexity index is 385. The third-order valence-electron chi connectivity index (χ3n) is 2.04. The highest BCUT2D eigenvalue weighted by Gasteiger charge is 2.06. The van der Waals surface area contributed by atoms with E-state index < -0.39 is 0 Å². The highest BCUT2D eigenvalue weighted by atomic mass is 79.9. The number of amides is 1. The van der Waals surface area contributed by atoms with Crippen LogP contribution in [-0.4, -0.2) is 30.6 Å². The standard InChI is InChI=1S/C11H16BrN3O2/c1-8-6-9(12)7-14-11(8)15-10(16)2-4-17-5-3-13/h6-7H,2-5,13H2,1H3,(H,14,15,16). The molecule has 3 N–H and O–H groups in total. The molecule has 1 rings (SSSR count). The Labute approximate surface area is 109 Å². The molecule has 6 heteroatoms. The van der Waals surface area contributed by atoms with E-state index >= 15 is 0 Å². The molecule has 0 saturated heterocycles. The van der Waals surface area contributed by atoms with Gasteiger partial charge in [0, 0.05) is 17.2 Å². The predicted octanol–water partition coefficient (Wildman–Crippen LogP) is 1.46. The summed E-state index contributed by atoms with van der Waals surface area (Å²) in [5, 5.41) is 2.73. The van der Waals surface area contributed by atoms with Crippen molar-refractivity contribution >= 4 is 27.7 Å². The topological polar surface area (TPSA) is 77.2 Å². The first-order valence-electron chi connectivity index (χ1n) is 5.33. The van der Waals surface area contributed by atoms with Gasteiger partial charge < -0.3 is 15.8 Å². The van der Waals surface area contributed by atoms with E-state index in [1.807, 2.05) is 13.0 Å². The monoisotopic (exact) mass is 301 g/mol. The van der Waals surface area contributed by atoms with Crippen molar-refractivity contribution in [2.24, 2.45) is 5.73 Å². The van der Waals surface area contributed by atoms with Crippen LogP contribution in [0.4, 0.5) is 5.82 Å². The minimum atomic E-state index is -0.111. The maximum absolute atomic E-state index is 11.5. The summed E-state index contributed by atoms with van der Waals surface area (Å²) in [6.07, 6.45) is 1.95. The van der Waals surface area contributed by atoms with Crippen LogP contribution in [0.15, 0.2) is 16.7 Å². The van der Waals surface area contributed by atoms with E-state index in [1.54, 1.807) is 6.20 Å². The van der Waals surface area contributed by atoms with Gasteiger partial charge in [-0.05, 0) is 34.5 Å². The van der Waals surface area contributed by atoms with E-state index in [1.165, 1.54) is 0 Å². The van der Waals surface area contributed by atoms with Gasteiger partial charge in [-0.3, -0.25) is 4.79 Å². The number of anilines is 1. The summed E-state index contributed by atoms with van der Waals surface area (Å²) in [6, 6.07) is 1.90. The molecule has 94 valence electrons. The number of carbonyl (C=O) groups excluding carboxylic acids is 1. The zero-order valence-electron chi connectivity index (χ0n) is 9.70. The first kappa shape index (κ1) is 14.1. The van der Waals surface area contributed by atoms with Crippen molar-refractivity contribution < 1.29 is 9.53 Å². The number of ether oxygens (including phenoxy) is 1. The number of rotatable bonds is 6. The number of halogens is 1. The molecule has 0 spiro atoms. The number of nitrogens with two attached hydrogens (primary N) is 1. The Morgan fingerprint density at radius 1 is 1.59 bits per heavy atom. The zero-order valence-corrected chi connectivity index (χ0v) is 11.3. The van der Waals surface area contributed by atoms with Gasteiger partial charge in [0.1, 0.15) is 5.82 Å². The Kier molecular flexibility index (Phi) is 6.10. The second-order valence-corrected chi connectivity index (χ2v) is 4.43. The third kappa shape index (κ3) is 5.25. The van der Waals surface area contributed by atoms with Crippen LogP contribution in [0.3, 0.4) is 0 Å². The number of hydrogen-bond acceptors (Lipinski definition) is 4. The van der Waals surface area contributed by atoms with Crippen molar-refractivity contribution in [3.63, 3.8) is 0 Å². The van der Waals surface area contributed by atoms with Crippen LogP contribution in [0.25, 0.3) is 0 Å². The van der Waals surface area contributed by atoms with Gasteiger partial charge in [-0.1, -0.05) is 0 Å². The van der Waals surface area contributed by atoms with E-state index in [4.69, 9.17) is 10.5 Å². The zero-order chi connectivity index (χ0) is 12.7. The average Bonchev–Trinajstić information content (AvgIpc) is 2.28. The van der Waals surface area contributed by atoms with Crippen molar-refractivity contribution in [1.29, 1.82) is 0 Å². The number of pyridine rings is 1. The summed E-state index contributed by atoms with van der Waals surface area (Å²) in [5.41, 5.74) is 6.18. The molecule has 0 fully saturated rings. The summed E-state index contributed by atoms with van der Waals surface area (Å²) in [4.78, 5) is 15.7. The minimum absolute atomic E-state index is 0.111. The van der Waals surface area contributed by atoms with E-state index in [-0.39, 0.29) is 5.91 Å². The Hall–Kier alpha value is -0.980. The molecule has 0 saturated carbocycles. The number of nitrogens with one attached hydrogen (secondary N) is 1. The van der Waals surface area contributed by atoms with Gasteiger partial charge >= 0.3 is 0 Å². The fourth-order valence-electron chi connectivity index (χ4n) is 1.22. The quantitative estimate of drug-likeness (QED) is 0.780. The van der Waals surface area contributed by atoms with Gasteiger partial charge in [-0.2, -0.15) is 0 Å². The number of carbonyl (C=O) groups is 1. The van der Waals surface area contributed by atoms with Crippen molar-refractivity contribution in [2.45, 2.75) is 13.3 Å². The molecule has 0 aliphatic heterocycles. The van der Waals surface area contributed by atoms with E-state index in [0.717, 1.165) is 10.0 Å². The summed E-state index contributed by atoms with van der Waals surface area (Å²) in [7, 11) is 0. The smallest absolute Gasteiger partial charge is 0.227 e. The minimum Gasteiger partial charge on any atom is -0.380 e. The van der Waals surface area contributed by atoms with E-state index in [9.17, 15) is 4.79 Å². The van der Waals surface area contributed by atoms with Gasteiger partial charge in [-0.25, -0.2) is 4.98 Å². The highest BCUT2D eigenvalue weighted by Crippen LogP contribution is 2.16. The first-order chi connectivity index (χ1) is 8.13. The number of aromatic nitrogens is 1. The van der Waals surface area contributed by atoms with Crippen molar-refractivity contribution in [1.82, 2.24) is 4.98 Å². The lowest BCUT2D eigenvalue weighted by atomic mass is 10.3. The summed E-state index contributed by atoms with van der Waals surface area (Å²) in [5.74, 6) is 0.469. The van der Waals surface area contributed by atoms with Crippen LogP contribution in [-0.2, 0) is 9.53 Å². The van der Waals surface area contributed by atoms with Gasteiger partial charge in [0.25, 0.3) is 0 Å². The molecule has 1 heterocycles. The lowest BCUT2D eigenvalue weighted by Crippen LogP contribution is -2.17. The summed E-state index contributed by atoms with van der Waals surface area (Å²) < 4.78 is 6.01. The lowest BCUT2D eigenvalue weighted by molar-refractivity contribution is -0.117. The average molecular weight is 302 g/mol. The SMILES string of the molecule is Cc1cc(Br)cnc1NC(=O)CCOCCN. The molecule has 0 bridgehead atoms. The number of aryl methyl sites for hydroxylation is 1. The summed E-state index contributed by atoms with van der Waals surface area (Å²) in [6.45, 7) is 3.20. The highest BCUT2D eigenvalue weighted by molar-refractivity contribution is 9.10. The first-order valence-corrected chi connectivity index (χ1v) is 6.12. The molecule has 17 heavy (non-hydrogen) atoms. The third-order valence-corrected chi connectivity index (χ3v) is 2.47. The number of nitrogens with zero attached hydrogens (tertiary/aromatic N) is 1. The maximum Gasteiger partial charge on any atom is 0.227 e. The second kappa shape index (κ2) is 7.37. The fraction of sp³-hybridized carbons (Fsp3) is 0.455. The van der Waals surface area contributed by atoms with Crippen molar-refractivity contribution in [3.8, 4) is 0 Å². The van der Waals surface area contributed by atoms with Crippen molar-refractivity contribution in [2.75, 3.05) is 25.1 Å². The van der Waals surface area contributed by atoms with Gasteiger partial charge in [0.2, 0.25) is 5.91 Å². The van der Waals surface area contributed by atoms with E-state index in [2.05, 4.69) is 26.2 Å². The Morgan fingerprint density at radius 3 is 3.00 bits per heavy atom. The maximum atomic E-state index is 11.5. The molecule has 0 aromatic carbocycles. The number of hydrogen-bond donors (Lipinski definition) is 2. The van der Waals surface area contributed by atoms with Crippen LogP contribution < -0.4 is 11.1 Å². The van der Waals surface area contributed by atoms with Gasteiger partial charge in [0.05, 0.1) is 19.6 Å². The molecule has 0 aliphatic carbocycles. The van der Waals surface area contributed by atoms with Crippen LogP contribution >= 0.6 is 15.9 Å². The Morgan fingerprint density at radius 2 is 2.35 bits per heavy atom. The van der Waals surface area contributed by atoms with Crippen LogP contribution in [0.5, 0.6) is 0 Å². The largest absolute Gasteiger partial charge is 0.380 e. The van der Waals surface area contributed by atoms with Crippen molar-refractivity contribution in [3.05, 3.63) is 22.3 Å². The normalized spacial score (nSPS) is 10.3. The molecule has 1 amide bonds. The van der Waals surface area contributed by atoms with Crippen LogP contribution in [0.2, 0.25) is 0 Å². The van der Waals surface area contributed by atoms with Crippen LogP contribution in [0, 0.1) is 6.92 Å².